The molecular formula is C37H38F2N4O. The van der Waals surface area contributed by atoms with Crippen molar-refractivity contribution in [1.82, 2.24) is 9.97 Å². The van der Waals surface area contributed by atoms with Crippen molar-refractivity contribution < 1.29 is 13.5 Å². The summed E-state index contributed by atoms with van der Waals surface area (Å²) in [6.07, 6.45) is 3.66. The van der Waals surface area contributed by atoms with Crippen LogP contribution < -0.4 is 9.64 Å². The zero-order valence-electron chi connectivity index (χ0n) is 25.8. The van der Waals surface area contributed by atoms with Gasteiger partial charge in [-0.1, -0.05) is 50.2 Å². The topological polar surface area (TPSA) is 62.0 Å². The van der Waals surface area contributed by atoms with E-state index in [1.54, 1.807) is 0 Å². The SMILES string of the molecule is CC.Cc1nc(N2CCC(C#N)(c3ccccc3)CC2)nc(C)c1-c1ccc(F)c(COc2ccc3c(c2)CC2CC32)c1F. The number of nitrogens with zero attached hydrogens (tertiary/aromatic N) is 4. The third kappa shape index (κ3) is 5.32. The number of halogens is 2. The summed E-state index contributed by atoms with van der Waals surface area (Å²) in [5.41, 5.74) is 5.14. The molecule has 2 atom stereocenters. The number of aromatic nitrogens is 2. The lowest BCUT2D eigenvalue weighted by molar-refractivity contribution is 0.292. The monoisotopic (exact) mass is 592 g/mol. The van der Waals surface area contributed by atoms with Crippen molar-refractivity contribution in [1.29, 1.82) is 5.26 Å². The first-order valence-corrected chi connectivity index (χ1v) is 15.7. The first-order valence-electron chi connectivity index (χ1n) is 15.7. The van der Waals surface area contributed by atoms with Crippen LogP contribution in [-0.2, 0) is 18.4 Å². The molecule has 7 heteroatoms. The summed E-state index contributed by atoms with van der Waals surface area (Å²) in [5.74, 6) is 1.36. The third-order valence-electron chi connectivity index (χ3n) is 9.46. The molecule has 1 saturated carbocycles. The molecule has 2 fully saturated rings. The maximum absolute atomic E-state index is 15.9. The van der Waals surface area contributed by atoms with Crippen LogP contribution in [0.5, 0.6) is 5.75 Å². The van der Waals surface area contributed by atoms with Crippen LogP contribution in [0.15, 0.2) is 60.7 Å². The molecule has 0 N–H and O–H groups in total. The molecule has 1 aliphatic heterocycles. The van der Waals surface area contributed by atoms with Crippen LogP contribution in [0.2, 0.25) is 0 Å². The van der Waals surface area contributed by atoms with Gasteiger partial charge in [0.2, 0.25) is 5.95 Å². The van der Waals surface area contributed by atoms with E-state index in [0.717, 1.165) is 17.9 Å². The van der Waals surface area contributed by atoms with Gasteiger partial charge in [-0.2, -0.15) is 5.26 Å². The van der Waals surface area contributed by atoms with Crippen molar-refractivity contribution in [2.24, 2.45) is 5.92 Å². The Hall–Kier alpha value is -4.31. The molecule has 1 saturated heterocycles. The zero-order chi connectivity index (χ0) is 31.0. The van der Waals surface area contributed by atoms with Gasteiger partial charge in [-0.3, -0.25) is 0 Å². The summed E-state index contributed by atoms with van der Waals surface area (Å²) in [6, 6.07) is 21.3. The van der Waals surface area contributed by atoms with Crippen LogP contribution in [0.25, 0.3) is 11.1 Å². The van der Waals surface area contributed by atoms with Gasteiger partial charge >= 0.3 is 0 Å². The maximum Gasteiger partial charge on any atom is 0.225 e. The van der Waals surface area contributed by atoms with Crippen molar-refractivity contribution in [3.63, 3.8) is 0 Å². The Morgan fingerprint density at radius 3 is 2.36 bits per heavy atom. The lowest BCUT2D eigenvalue weighted by Gasteiger charge is -2.37. The van der Waals surface area contributed by atoms with Crippen LogP contribution >= 0.6 is 0 Å². The van der Waals surface area contributed by atoms with Gasteiger partial charge in [0.1, 0.15) is 24.0 Å². The van der Waals surface area contributed by atoms with Crippen molar-refractivity contribution in [2.45, 2.75) is 71.3 Å². The molecule has 0 amide bonds. The van der Waals surface area contributed by atoms with E-state index in [4.69, 9.17) is 14.7 Å². The second-order valence-corrected chi connectivity index (χ2v) is 12.0. The van der Waals surface area contributed by atoms with Gasteiger partial charge in [-0.05, 0) is 92.3 Å². The smallest absolute Gasteiger partial charge is 0.225 e. The van der Waals surface area contributed by atoms with E-state index in [-0.39, 0.29) is 17.7 Å². The molecule has 0 radical (unpaired) electrons. The van der Waals surface area contributed by atoms with Gasteiger partial charge in [-0.15, -0.1) is 0 Å². The largest absolute Gasteiger partial charge is 0.489 e. The number of nitriles is 1. The zero-order valence-corrected chi connectivity index (χ0v) is 25.8. The standard InChI is InChI=1S/C35H32F2N4O.C2H6/c1-21-32(22(2)40-34(39-21)41-14-12-35(20-38,13-15-41)25-6-4-3-5-7-25)28-10-11-31(36)30(33(28)37)19-42-26-8-9-27-23(17-26)16-24-18-29(24)27;1-2/h3-11,17,24,29H,12-16,18-19H2,1-2H3;1-2H3. The van der Waals surface area contributed by atoms with E-state index >= 15 is 4.39 Å². The Labute approximate surface area is 258 Å². The van der Waals surface area contributed by atoms with Gasteiger partial charge in [0.15, 0.2) is 0 Å². The van der Waals surface area contributed by atoms with Crippen LogP contribution in [0.4, 0.5) is 14.7 Å². The number of fused-ring (bicyclic) bond motifs is 3. The summed E-state index contributed by atoms with van der Waals surface area (Å²) in [4.78, 5) is 11.6. The first-order chi connectivity index (χ1) is 21.4. The lowest BCUT2D eigenvalue weighted by Crippen LogP contribution is -2.42. The third-order valence-corrected chi connectivity index (χ3v) is 9.46. The molecule has 7 rings (SSSR count). The number of hydrogen-bond acceptors (Lipinski definition) is 5. The van der Waals surface area contributed by atoms with Gasteiger partial charge < -0.3 is 9.64 Å². The average Bonchev–Trinajstić information content (AvgIpc) is 3.73. The fraction of sp³-hybridized carbons (Fsp3) is 0.378. The Balaban J connectivity index is 0.00000168. The molecule has 2 aliphatic carbocycles. The molecule has 3 aromatic carbocycles. The minimum Gasteiger partial charge on any atom is -0.489 e. The molecule has 2 heterocycles. The molecule has 226 valence electrons. The Kier molecular flexibility index (Phi) is 8.11. The van der Waals surface area contributed by atoms with E-state index in [1.165, 1.54) is 29.7 Å². The average molecular weight is 593 g/mol. The number of rotatable bonds is 6. The molecule has 0 bridgehead atoms. The van der Waals surface area contributed by atoms with Crippen molar-refractivity contribution in [2.75, 3.05) is 18.0 Å². The number of ether oxygens (including phenoxy) is 1. The highest BCUT2D eigenvalue weighted by Crippen LogP contribution is 2.56. The molecule has 5 nitrogen and oxygen atoms in total. The molecular weight excluding hydrogens is 554 g/mol. The highest BCUT2D eigenvalue weighted by atomic mass is 19.1. The summed E-state index contributed by atoms with van der Waals surface area (Å²) in [7, 11) is 0. The summed E-state index contributed by atoms with van der Waals surface area (Å²) >= 11 is 0. The van der Waals surface area contributed by atoms with Crippen LogP contribution in [0, 0.1) is 42.7 Å². The van der Waals surface area contributed by atoms with Gasteiger partial charge in [0, 0.05) is 24.2 Å². The lowest BCUT2D eigenvalue weighted by atomic mass is 9.74. The van der Waals surface area contributed by atoms with Crippen molar-refractivity contribution in [3.8, 4) is 22.9 Å². The molecule has 2 unspecified atom stereocenters. The van der Waals surface area contributed by atoms with Crippen LogP contribution in [0.1, 0.15) is 72.7 Å². The van der Waals surface area contributed by atoms with Crippen LogP contribution in [-0.4, -0.2) is 23.1 Å². The van der Waals surface area contributed by atoms with Gasteiger partial charge in [0.05, 0.1) is 28.4 Å². The van der Waals surface area contributed by atoms with Gasteiger partial charge in [-0.25, -0.2) is 18.7 Å². The van der Waals surface area contributed by atoms with Crippen molar-refractivity contribution >= 4 is 5.95 Å². The maximum atomic E-state index is 15.9. The Morgan fingerprint density at radius 2 is 1.68 bits per heavy atom. The van der Waals surface area contributed by atoms with E-state index in [2.05, 4.69) is 17.0 Å². The minimum atomic E-state index is -0.653. The number of aryl methyl sites for hydroxylation is 2. The van der Waals surface area contributed by atoms with E-state index in [0.29, 0.717) is 60.5 Å². The normalized spacial score (nSPS) is 19.2. The second-order valence-electron chi connectivity index (χ2n) is 12.0. The number of piperidine rings is 1. The number of benzene rings is 3. The predicted molar refractivity (Wildman–Crippen MR) is 169 cm³/mol. The van der Waals surface area contributed by atoms with E-state index in [9.17, 15) is 9.65 Å². The molecule has 1 aromatic heterocycles. The number of anilines is 1. The van der Waals surface area contributed by atoms with Gasteiger partial charge in [0.25, 0.3) is 0 Å². The second kappa shape index (κ2) is 12.0. The molecule has 4 aromatic rings. The van der Waals surface area contributed by atoms with Crippen molar-refractivity contribution in [3.05, 3.63) is 106 Å². The summed E-state index contributed by atoms with van der Waals surface area (Å²) in [5, 5.41) is 10.1. The molecule has 3 aliphatic rings. The van der Waals surface area contributed by atoms with Crippen LogP contribution in [0.3, 0.4) is 0 Å². The minimum absolute atomic E-state index is 0.108. The Morgan fingerprint density at radius 1 is 0.977 bits per heavy atom. The Bertz CT molecular complexity index is 1700. The van der Waals surface area contributed by atoms with E-state index in [1.807, 2.05) is 70.2 Å². The first kappa shape index (κ1) is 29.7. The molecule has 44 heavy (non-hydrogen) atoms. The summed E-state index contributed by atoms with van der Waals surface area (Å²) in [6.45, 7) is 8.72. The highest BCUT2D eigenvalue weighted by molar-refractivity contribution is 5.70. The number of hydrogen-bond donors (Lipinski definition) is 0. The molecule has 0 spiro atoms. The summed E-state index contributed by atoms with van der Waals surface area (Å²) < 4.78 is 36.6. The quantitative estimate of drug-likeness (QED) is 0.225. The highest BCUT2D eigenvalue weighted by Gasteiger charge is 2.45. The van der Waals surface area contributed by atoms with E-state index < -0.39 is 17.0 Å². The predicted octanol–water partition coefficient (Wildman–Crippen LogP) is 8.37. The fourth-order valence-electron chi connectivity index (χ4n) is 6.97. The fourth-order valence-corrected chi connectivity index (χ4v) is 6.97.